The van der Waals surface area contributed by atoms with Gasteiger partial charge in [0.05, 0.1) is 27.8 Å². The van der Waals surface area contributed by atoms with Gasteiger partial charge in [-0.15, -0.1) is 0 Å². The van der Waals surface area contributed by atoms with Gasteiger partial charge in [0.15, 0.2) is 0 Å². The average Bonchev–Trinajstić information content (AvgIpc) is 3.09. The number of aromatic nitrogens is 4. The molecule has 0 atom stereocenters. The quantitative estimate of drug-likeness (QED) is 0.503. The molecule has 0 aliphatic rings. The van der Waals surface area contributed by atoms with Gasteiger partial charge in [-0.2, -0.15) is 0 Å². The lowest BCUT2D eigenvalue weighted by Gasteiger charge is -2.10. The fourth-order valence-corrected chi connectivity index (χ4v) is 3.46. The minimum atomic E-state index is -0.225. The van der Waals surface area contributed by atoms with E-state index in [9.17, 15) is 4.79 Å². The first-order valence-electron chi connectivity index (χ1n) is 9.24. The number of pyridine rings is 2. The van der Waals surface area contributed by atoms with Crippen LogP contribution in [0.4, 0.5) is 5.95 Å². The molecule has 0 bridgehead atoms. The van der Waals surface area contributed by atoms with E-state index in [0.29, 0.717) is 11.5 Å². The summed E-state index contributed by atoms with van der Waals surface area (Å²) in [5.41, 5.74) is 4.73. The number of carbonyl (C=O) groups is 1. The van der Waals surface area contributed by atoms with Crippen LogP contribution in [-0.4, -0.2) is 25.4 Å². The van der Waals surface area contributed by atoms with Crippen LogP contribution in [0.2, 0.25) is 0 Å². The Morgan fingerprint density at radius 3 is 2.41 bits per heavy atom. The summed E-state index contributed by atoms with van der Waals surface area (Å²) < 4.78 is 1.88. The van der Waals surface area contributed by atoms with Crippen LogP contribution in [0.15, 0.2) is 79.1 Å². The van der Waals surface area contributed by atoms with Gasteiger partial charge < -0.3 is 4.57 Å². The summed E-state index contributed by atoms with van der Waals surface area (Å²) in [7, 11) is 1.89. The Bertz CT molecular complexity index is 1360. The number of amides is 1. The van der Waals surface area contributed by atoms with E-state index >= 15 is 0 Å². The van der Waals surface area contributed by atoms with Crippen LogP contribution in [-0.2, 0) is 7.05 Å². The molecule has 29 heavy (non-hydrogen) atoms. The highest BCUT2D eigenvalue weighted by molar-refractivity contribution is 6.13. The summed E-state index contributed by atoms with van der Waals surface area (Å²) in [6.45, 7) is 0. The predicted molar refractivity (Wildman–Crippen MR) is 114 cm³/mol. The van der Waals surface area contributed by atoms with E-state index in [-0.39, 0.29) is 5.91 Å². The maximum absolute atomic E-state index is 13.2. The van der Waals surface area contributed by atoms with Crippen molar-refractivity contribution in [3.63, 3.8) is 0 Å². The molecule has 6 heteroatoms. The van der Waals surface area contributed by atoms with Crippen LogP contribution in [0.5, 0.6) is 0 Å². The van der Waals surface area contributed by atoms with Crippen LogP contribution in [0.25, 0.3) is 33.2 Å². The standard InChI is InChI=1S/C23H17N5O/c1-28-21-9-5-4-8-19(21)26-23(28)27-22(29)17-14-20(15-10-12-24-13-11-15)25-18-7-3-2-6-16(17)18/h2-14H,1H3,(H,26,27,29). The van der Waals surface area contributed by atoms with Crippen molar-refractivity contribution in [2.75, 3.05) is 5.32 Å². The Hall–Kier alpha value is -4.06. The molecule has 0 saturated carbocycles. The third-order valence-electron chi connectivity index (χ3n) is 4.95. The molecule has 0 unspecified atom stereocenters. The number of para-hydroxylation sites is 3. The predicted octanol–water partition coefficient (Wildman–Crippen LogP) is 4.44. The lowest BCUT2D eigenvalue weighted by molar-refractivity contribution is 0.102. The summed E-state index contributed by atoms with van der Waals surface area (Å²) in [5, 5.41) is 3.75. The molecule has 0 aliphatic carbocycles. The molecule has 6 nitrogen and oxygen atoms in total. The summed E-state index contributed by atoms with van der Waals surface area (Å²) in [4.78, 5) is 26.6. The Morgan fingerprint density at radius 1 is 0.897 bits per heavy atom. The van der Waals surface area contributed by atoms with E-state index in [0.717, 1.165) is 33.2 Å². The van der Waals surface area contributed by atoms with Crippen LogP contribution in [0.1, 0.15) is 10.4 Å². The van der Waals surface area contributed by atoms with E-state index in [4.69, 9.17) is 4.98 Å². The smallest absolute Gasteiger partial charge is 0.258 e. The number of rotatable bonds is 3. The lowest BCUT2D eigenvalue weighted by Crippen LogP contribution is -2.16. The second kappa shape index (κ2) is 6.83. The van der Waals surface area contributed by atoms with E-state index in [1.165, 1.54) is 0 Å². The maximum Gasteiger partial charge on any atom is 0.258 e. The number of benzene rings is 2. The summed E-state index contributed by atoms with van der Waals surface area (Å²) in [5.74, 6) is 0.278. The van der Waals surface area contributed by atoms with Gasteiger partial charge in [0.25, 0.3) is 5.91 Å². The van der Waals surface area contributed by atoms with E-state index in [1.807, 2.05) is 78.3 Å². The SMILES string of the molecule is Cn1c(NC(=O)c2cc(-c3ccncc3)nc3ccccc23)nc2ccccc21. The molecule has 0 spiro atoms. The number of carbonyl (C=O) groups excluding carboxylic acids is 1. The van der Waals surface area contributed by atoms with Gasteiger partial charge in [0.1, 0.15) is 0 Å². The van der Waals surface area contributed by atoms with Crippen LogP contribution in [0.3, 0.4) is 0 Å². The van der Waals surface area contributed by atoms with E-state index in [1.54, 1.807) is 12.4 Å². The van der Waals surface area contributed by atoms with Gasteiger partial charge in [-0.05, 0) is 36.4 Å². The first kappa shape index (κ1) is 17.1. The zero-order chi connectivity index (χ0) is 19.8. The highest BCUT2D eigenvalue weighted by Crippen LogP contribution is 2.26. The summed E-state index contributed by atoms with van der Waals surface area (Å²) in [6, 6.07) is 21.0. The van der Waals surface area contributed by atoms with Gasteiger partial charge in [-0.1, -0.05) is 30.3 Å². The molecular formula is C23H17N5O. The van der Waals surface area contributed by atoms with Crippen molar-refractivity contribution in [3.05, 3.63) is 84.7 Å². The molecule has 3 aromatic heterocycles. The van der Waals surface area contributed by atoms with Gasteiger partial charge in [-0.25, -0.2) is 9.97 Å². The van der Waals surface area contributed by atoms with Crippen molar-refractivity contribution in [2.24, 2.45) is 7.05 Å². The molecule has 140 valence electrons. The van der Waals surface area contributed by atoms with Gasteiger partial charge in [0, 0.05) is 30.4 Å². The van der Waals surface area contributed by atoms with Crippen molar-refractivity contribution in [2.45, 2.75) is 0 Å². The average molecular weight is 379 g/mol. The van der Waals surface area contributed by atoms with Crippen molar-refractivity contribution >= 4 is 33.8 Å². The van der Waals surface area contributed by atoms with Crippen LogP contribution in [0, 0.1) is 0 Å². The topological polar surface area (TPSA) is 72.7 Å². The number of nitrogens with zero attached hydrogens (tertiary/aromatic N) is 4. The maximum atomic E-state index is 13.2. The molecular weight excluding hydrogens is 362 g/mol. The van der Waals surface area contributed by atoms with Gasteiger partial charge in [-0.3, -0.25) is 15.1 Å². The second-order valence-corrected chi connectivity index (χ2v) is 6.75. The number of nitrogens with one attached hydrogen (secondary N) is 1. The fraction of sp³-hybridized carbons (Fsp3) is 0.0435. The second-order valence-electron chi connectivity index (χ2n) is 6.75. The first-order valence-corrected chi connectivity index (χ1v) is 9.24. The summed E-state index contributed by atoms with van der Waals surface area (Å²) in [6.07, 6.45) is 3.43. The van der Waals surface area contributed by atoms with Crippen LogP contribution >= 0.6 is 0 Å². The largest absolute Gasteiger partial charge is 0.313 e. The fourth-order valence-electron chi connectivity index (χ4n) is 3.46. The zero-order valence-corrected chi connectivity index (χ0v) is 15.7. The zero-order valence-electron chi connectivity index (χ0n) is 15.7. The number of anilines is 1. The number of imidazole rings is 1. The Kier molecular flexibility index (Phi) is 4.02. The van der Waals surface area contributed by atoms with E-state index in [2.05, 4.69) is 15.3 Å². The van der Waals surface area contributed by atoms with Crippen molar-refractivity contribution in [1.82, 2.24) is 19.5 Å². The lowest BCUT2D eigenvalue weighted by atomic mass is 10.0. The molecule has 3 heterocycles. The molecule has 0 saturated heterocycles. The molecule has 5 rings (SSSR count). The third-order valence-corrected chi connectivity index (χ3v) is 4.95. The number of aryl methyl sites for hydroxylation is 1. The summed E-state index contributed by atoms with van der Waals surface area (Å²) >= 11 is 0. The first-order chi connectivity index (χ1) is 14.2. The number of fused-ring (bicyclic) bond motifs is 2. The van der Waals surface area contributed by atoms with Crippen molar-refractivity contribution < 1.29 is 4.79 Å². The van der Waals surface area contributed by atoms with Gasteiger partial charge in [0.2, 0.25) is 5.95 Å². The molecule has 0 aliphatic heterocycles. The number of hydrogen-bond donors (Lipinski definition) is 1. The van der Waals surface area contributed by atoms with Gasteiger partial charge >= 0.3 is 0 Å². The molecule has 1 amide bonds. The minimum absolute atomic E-state index is 0.225. The molecule has 0 radical (unpaired) electrons. The Balaban J connectivity index is 1.61. The van der Waals surface area contributed by atoms with Crippen molar-refractivity contribution in [1.29, 1.82) is 0 Å². The highest BCUT2D eigenvalue weighted by Gasteiger charge is 2.17. The van der Waals surface area contributed by atoms with E-state index < -0.39 is 0 Å². The molecule has 5 aromatic rings. The Labute approximate surface area is 166 Å². The Morgan fingerprint density at radius 2 is 1.62 bits per heavy atom. The molecule has 1 N–H and O–H groups in total. The third kappa shape index (κ3) is 3.00. The molecule has 0 fully saturated rings. The van der Waals surface area contributed by atoms with Crippen LogP contribution < -0.4 is 5.32 Å². The van der Waals surface area contributed by atoms with Crippen molar-refractivity contribution in [3.8, 4) is 11.3 Å². The monoisotopic (exact) mass is 379 g/mol. The highest BCUT2D eigenvalue weighted by atomic mass is 16.1. The number of hydrogen-bond acceptors (Lipinski definition) is 4. The minimum Gasteiger partial charge on any atom is -0.313 e. The normalized spacial score (nSPS) is 11.1. The molecule has 2 aromatic carbocycles.